The number of hydrogen-bond acceptors (Lipinski definition) is 7. The molecule has 0 saturated heterocycles. The molecule has 0 aliphatic heterocycles. The van der Waals surface area contributed by atoms with Crippen molar-refractivity contribution in [2.24, 2.45) is 0 Å². The van der Waals surface area contributed by atoms with Gasteiger partial charge in [0.25, 0.3) is 0 Å². The van der Waals surface area contributed by atoms with Crippen molar-refractivity contribution in [3.05, 3.63) is 0 Å². The van der Waals surface area contributed by atoms with Crippen LogP contribution in [0.25, 0.3) is 0 Å². The normalized spacial score (nSPS) is 13.0. The molecule has 0 rings (SSSR count). The number of hydrogen-bond donors (Lipinski definition) is 2. The zero-order valence-corrected chi connectivity index (χ0v) is 9.04. The highest BCUT2D eigenvalue weighted by Gasteiger charge is 2.10. The first-order valence-corrected chi connectivity index (χ1v) is 4.60. The fraction of sp³-hybridized carbons (Fsp3) is 0.875. The van der Waals surface area contributed by atoms with Crippen LogP contribution in [0.2, 0.25) is 0 Å². The fourth-order valence-electron chi connectivity index (χ4n) is 0.748. The van der Waals surface area contributed by atoms with E-state index in [0.717, 1.165) is 0 Å². The van der Waals surface area contributed by atoms with E-state index in [2.05, 4.69) is 9.57 Å². The standard InChI is InChI=1S/C8H17NO6/c1-6(2)14-8(10)13-5-4-7(3)15-9(11)12/h6-7,11-12H,4-5H2,1-3H3. The largest absolute Gasteiger partial charge is 0.508 e. The highest BCUT2D eigenvalue weighted by atomic mass is 17.1. The molecule has 1 atom stereocenters. The third-order valence-electron chi connectivity index (χ3n) is 1.35. The third-order valence-corrected chi connectivity index (χ3v) is 1.35. The van der Waals surface area contributed by atoms with Crippen LogP contribution >= 0.6 is 0 Å². The van der Waals surface area contributed by atoms with E-state index in [4.69, 9.17) is 15.2 Å². The zero-order valence-electron chi connectivity index (χ0n) is 9.04. The molecule has 0 radical (unpaired) electrons. The first kappa shape index (κ1) is 14.1. The van der Waals surface area contributed by atoms with Crippen LogP contribution in [-0.4, -0.2) is 40.8 Å². The summed E-state index contributed by atoms with van der Waals surface area (Å²) < 4.78 is 9.38. The van der Waals surface area contributed by atoms with Crippen molar-refractivity contribution in [2.45, 2.75) is 39.4 Å². The molecule has 15 heavy (non-hydrogen) atoms. The lowest BCUT2D eigenvalue weighted by Gasteiger charge is -2.14. The zero-order chi connectivity index (χ0) is 11.8. The minimum atomic E-state index is -0.748. The molecule has 0 amide bonds. The lowest BCUT2D eigenvalue weighted by Crippen LogP contribution is -2.23. The number of rotatable bonds is 6. The van der Waals surface area contributed by atoms with Gasteiger partial charge in [0.1, 0.15) is 0 Å². The van der Waals surface area contributed by atoms with Crippen molar-refractivity contribution < 1.29 is 29.5 Å². The Balaban J connectivity index is 3.48. The molecule has 2 N–H and O–H groups in total. The van der Waals surface area contributed by atoms with Crippen molar-refractivity contribution in [2.75, 3.05) is 6.61 Å². The second-order valence-corrected chi connectivity index (χ2v) is 3.22. The Kier molecular flexibility index (Phi) is 6.97. The van der Waals surface area contributed by atoms with Gasteiger partial charge in [0.05, 0.1) is 24.2 Å². The topological polar surface area (TPSA) is 88.5 Å². The van der Waals surface area contributed by atoms with Gasteiger partial charge in [-0.25, -0.2) is 9.63 Å². The molecule has 7 heteroatoms. The molecule has 0 heterocycles. The van der Waals surface area contributed by atoms with Gasteiger partial charge in [0.15, 0.2) is 0 Å². The maximum atomic E-state index is 10.9. The van der Waals surface area contributed by atoms with Gasteiger partial charge in [0.2, 0.25) is 0 Å². The molecule has 0 spiro atoms. The predicted molar refractivity (Wildman–Crippen MR) is 48.1 cm³/mol. The van der Waals surface area contributed by atoms with E-state index in [0.29, 0.717) is 6.42 Å². The first-order chi connectivity index (χ1) is 6.91. The summed E-state index contributed by atoms with van der Waals surface area (Å²) in [5.41, 5.74) is 0. The Morgan fingerprint density at radius 1 is 1.33 bits per heavy atom. The van der Waals surface area contributed by atoms with E-state index < -0.39 is 12.3 Å². The molecule has 0 aliphatic carbocycles. The highest BCUT2D eigenvalue weighted by molar-refractivity contribution is 5.59. The fourth-order valence-corrected chi connectivity index (χ4v) is 0.748. The number of nitrogens with zero attached hydrogens (tertiary/aromatic N) is 1. The molecule has 90 valence electrons. The average molecular weight is 223 g/mol. The minimum Gasteiger partial charge on any atom is -0.434 e. The molecule has 0 aromatic rings. The Morgan fingerprint density at radius 3 is 2.40 bits per heavy atom. The van der Waals surface area contributed by atoms with Crippen LogP contribution in [0.3, 0.4) is 0 Å². The van der Waals surface area contributed by atoms with Gasteiger partial charge in [-0.1, -0.05) is 0 Å². The van der Waals surface area contributed by atoms with E-state index >= 15 is 0 Å². The van der Waals surface area contributed by atoms with Crippen LogP contribution in [0.1, 0.15) is 27.2 Å². The SMILES string of the molecule is CC(C)OC(=O)OCCC(C)ON(O)O. The first-order valence-electron chi connectivity index (χ1n) is 4.60. The number of carbonyl (C=O) groups excluding carboxylic acids is 1. The predicted octanol–water partition coefficient (Wildman–Crippen LogP) is 1.34. The van der Waals surface area contributed by atoms with Crippen molar-refractivity contribution in [3.63, 3.8) is 0 Å². The summed E-state index contributed by atoms with van der Waals surface area (Å²) >= 11 is 0. The van der Waals surface area contributed by atoms with Crippen molar-refractivity contribution >= 4 is 6.16 Å². The summed E-state index contributed by atoms with van der Waals surface area (Å²) in [6.45, 7) is 5.10. The Labute approximate surface area is 88.0 Å². The third kappa shape index (κ3) is 9.42. The van der Waals surface area contributed by atoms with Crippen LogP contribution in [0.5, 0.6) is 0 Å². The van der Waals surface area contributed by atoms with Crippen LogP contribution in [-0.2, 0) is 14.3 Å². The summed E-state index contributed by atoms with van der Waals surface area (Å²) in [5.74, 6) is 0. The van der Waals surface area contributed by atoms with Gasteiger partial charge < -0.3 is 9.47 Å². The Bertz CT molecular complexity index is 184. The molecule has 0 aromatic heterocycles. The second-order valence-electron chi connectivity index (χ2n) is 3.22. The summed E-state index contributed by atoms with van der Waals surface area (Å²) in [5, 5.41) is 16.2. The van der Waals surface area contributed by atoms with Crippen molar-refractivity contribution in [3.8, 4) is 0 Å². The number of ether oxygens (including phenoxy) is 2. The van der Waals surface area contributed by atoms with Gasteiger partial charge in [-0.3, -0.25) is 10.4 Å². The van der Waals surface area contributed by atoms with Crippen molar-refractivity contribution in [1.82, 2.24) is 5.39 Å². The summed E-state index contributed by atoms with van der Waals surface area (Å²) in [6, 6.07) is 0. The average Bonchev–Trinajstić information content (AvgIpc) is 2.00. The molecule has 1 unspecified atom stereocenters. The van der Waals surface area contributed by atoms with Crippen LogP contribution in [0.15, 0.2) is 0 Å². The highest BCUT2D eigenvalue weighted by Crippen LogP contribution is 2.00. The Hall–Kier alpha value is -0.890. The minimum absolute atomic E-state index is 0.0839. The maximum Gasteiger partial charge on any atom is 0.508 e. The van der Waals surface area contributed by atoms with Gasteiger partial charge >= 0.3 is 6.16 Å². The van der Waals surface area contributed by atoms with Crippen LogP contribution in [0, 0.1) is 0 Å². The summed E-state index contributed by atoms with van der Waals surface area (Å²) in [7, 11) is 0. The van der Waals surface area contributed by atoms with Gasteiger partial charge in [-0.15, -0.1) is 0 Å². The van der Waals surface area contributed by atoms with E-state index in [1.54, 1.807) is 20.8 Å². The number of carbonyl (C=O) groups is 1. The van der Waals surface area contributed by atoms with Gasteiger partial charge in [-0.2, -0.15) is 0 Å². The van der Waals surface area contributed by atoms with E-state index in [9.17, 15) is 4.79 Å². The van der Waals surface area contributed by atoms with Crippen molar-refractivity contribution in [1.29, 1.82) is 0 Å². The quantitative estimate of drug-likeness (QED) is 0.518. The summed E-state index contributed by atoms with van der Waals surface area (Å²) in [6.07, 6.45) is -1.13. The maximum absolute atomic E-state index is 10.9. The molecule has 0 aliphatic rings. The summed E-state index contributed by atoms with van der Waals surface area (Å²) in [4.78, 5) is 15.3. The second kappa shape index (κ2) is 7.41. The molecule has 0 saturated carbocycles. The smallest absolute Gasteiger partial charge is 0.434 e. The molecular formula is C8H17NO6. The molecule has 0 bridgehead atoms. The monoisotopic (exact) mass is 223 g/mol. The molecular weight excluding hydrogens is 206 g/mol. The van der Waals surface area contributed by atoms with Gasteiger partial charge in [0, 0.05) is 6.42 Å². The lowest BCUT2D eigenvalue weighted by atomic mass is 10.3. The van der Waals surface area contributed by atoms with Crippen LogP contribution in [0.4, 0.5) is 4.79 Å². The lowest BCUT2D eigenvalue weighted by molar-refractivity contribution is -0.503. The van der Waals surface area contributed by atoms with Gasteiger partial charge in [-0.05, 0) is 20.8 Å². The Morgan fingerprint density at radius 2 is 1.93 bits per heavy atom. The molecule has 0 aromatic carbocycles. The van der Waals surface area contributed by atoms with E-state index in [-0.39, 0.29) is 18.1 Å². The van der Waals surface area contributed by atoms with Crippen LogP contribution < -0.4 is 0 Å². The van der Waals surface area contributed by atoms with E-state index in [1.165, 1.54) is 0 Å². The van der Waals surface area contributed by atoms with E-state index in [1.807, 2.05) is 0 Å². The molecule has 7 nitrogen and oxygen atoms in total. The molecule has 0 fully saturated rings.